The lowest BCUT2D eigenvalue weighted by Gasteiger charge is -2.21. The Labute approximate surface area is 138 Å². The number of carbonyl (C=O) groups is 1. The van der Waals surface area contributed by atoms with Crippen LogP contribution in [0, 0.1) is 6.92 Å². The molecule has 0 saturated heterocycles. The van der Waals surface area contributed by atoms with Gasteiger partial charge in [-0.25, -0.2) is 4.98 Å². The number of amides is 1. The first-order valence-electron chi connectivity index (χ1n) is 7.45. The van der Waals surface area contributed by atoms with Crippen molar-refractivity contribution >= 4 is 28.3 Å². The summed E-state index contributed by atoms with van der Waals surface area (Å²) in [5.41, 5.74) is 2.87. The van der Waals surface area contributed by atoms with E-state index in [-0.39, 0.29) is 5.91 Å². The predicted octanol–water partition coefficient (Wildman–Crippen LogP) is 3.22. The van der Waals surface area contributed by atoms with Crippen molar-refractivity contribution in [3.05, 3.63) is 52.0 Å². The molecular weight excluding hydrogens is 310 g/mol. The minimum absolute atomic E-state index is 0.106. The van der Waals surface area contributed by atoms with Gasteiger partial charge in [-0.15, -0.1) is 11.3 Å². The highest BCUT2D eigenvalue weighted by atomic mass is 32.1. The fourth-order valence-electron chi connectivity index (χ4n) is 2.40. The van der Waals surface area contributed by atoms with Gasteiger partial charge in [0, 0.05) is 18.5 Å². The smallest absolute Gasteiger partial charge is 0.290 e. The summed E-state index contributed by atoms with van der Waals surface area (Å²) in [6.07, 6.45) is 0. The maximum Gasteiger partial charge on any atom is 0.290 e. The standard InChI is InChI=1S/C17H19N3O2S/c1-12-7-10-23-15(12)11-20(8-9-22-2)17(21)16-18-13-5-3-4-6-14(13)19-16/h3-7,10H,8-9,11H2,1-2H3,(H,18,19). The van der Waals surface area contributed by atoms with Crippen LogP contribution in [0.5, 0.6) is 0 Å². The van der Waals surface area contributed by atoms with Crippen LogP contribution in [-0.2, 0) is 11.3 Å². The Bertz CT molecular complexity index is 776. The third-order valence-corrected chi connectivity index (χ3v) is 4.75. The molecule has 120 valence electrons. The van der Waals surface area contributed by atoms with Gasteiger partial charge in [0.2, 0.25) is 0 Å². The Morgan fingerprint density at radius 3 is 2.87 bits per heavy atom. The van der Waals surface area contributed by atoms with Gasteiger partial charge in [0.05, 0.1) is 24.2 Å². The van der Waals surface area contributed by atoms with Crippen molar-refractivity contribution in [1.82, 2.24) is 14.9 Å². The van der Waals surface area contributed by atoms with Crippen molar-refractivity contribution in [2.45, 2.75) is 13.5 Å². The number of imidazole rings is 1. The Balaban J connectivity index is 1.85. The van der Waals surface area contributed by atoms with Crippen molar-refractivity contribution in [3.63, 3.8) is 0 Å². The van der Waals surface area contributed by atoms with Gasteiger partial charge < -0.3 is 14.6 Å². The van der Waals surface area contributed by atoms with Gasteiger partial charge >= 0.3 is 0 Å². The molecule has 1 aromatic carbocycles. The lowest BCUT2D eigenvalue weighted by Crippen LogP contribution is -2.34. The average molecular weight is 329 g/mol. The van der Waals surface area contributed by atoms with E-state index in [4.69, 9.17) is 4.74 Å². The molecule has 0 unspecified atom stereocenters. The average Bonchev–Trinajstić information content (AvgIpc) is 3.16. The summed E-state index contributed by atoms with van der Waals surface area (Å²) in [5.74, 6) is 0.266. The van der Waals surface area contributed by atoms with Crippen LogP contribution in [0.2, 0.25) is 0 Å². The van der Waals surface area contributed by atoms with Gasteiger partial charge in [0.1, 0.15) is 0 Å². The Kier molecular flexibility index (Phi) is 4.73. The molecule has 1 amide bonds. The number of fused-ring (bicyclic) bond motifs is 1. The molecule has 0 aliphatic carbocycles. The van der Waals surface area contributed by atoms with Crippen molar-refractivity contribution in [2.75, 3.05) is 20.3 Å². The van der Waals surface area contributed by atoms with Crippen LogP contribution in [-0.4, -0.2) is 41.0 Å². The van der Waals surface area contributed by atoms with Crippen LogP contribution in [0.25, 0.3) is 11.0 Å². The summed E-state index contributed by atoms with van der Waals surface area (Å²) in [7, 11) is 1.64. The SMILES string of the molecule is COCCN(Cc1sccc1C)C(=O)c1nc2ccccc2[nH]1. The summed E-state index contributed by atoms with van der Waals surface area (Å²) >= 11 is 1.66. The second kappa shape index (κ2) is 6.93. The number of aryl methyl sites for hydroxylation is 1. The largest absolute Gasteiger partial charge is 0.383 e. The number of hydrogen-bond donors (Lipinski definition) is 1. The number of aromatic nitrogens is 2. The van der Waals surface area contributed by atoms with E-state index >= 15 is 0 Å². The summed E-state index contributed by atoms with van der Waals surface area (Å²) in [6.45, 7) is 3.66. The first-order chi connectivity index (χ1) is 11.2. The minimum Gasteiger partial charge on any atom is -0.383 e. The quantitative estimate of drug-likeness (QED) is 0.755. The molecule has 1 N–H and O–H groups in total. The summed E-state index contributed by atoms with van der Waals surface area (Å²) in [4.78, 5) is 23.3. The second-order valence-corrected chi connectivity index (χ2v) is 6.35. The molecule has 23 heavy (non-hydrogen) atoms. The Morgan fingerprint density at radius 1 is 1.35 bits per heavy atom. The third kappa shape index (κ3) is 3.43. The van der Waals surface area contributed by atoms with Crippen LogP contribution in [0.1, 0.15) is 21.1 Å². The van der Waals surface area contributed by atoms with Crippen molar-refractivity contribution in [1.29, 1.82) is 0 Å². The van der Waals surface area contributed by atoms with Gasteiger partial charge in [-0.3, -0.25) is 4.79 Å². The molecule has 0 atom stereocenters. The molecule has 0 aliphatic heterocycles. The van der Waals surface area contributed by atoms with E-state index in [1.165, 1.54) is 10.4 Å². The number of nitrogens with one attached hydrogen (secondary N) is 1. The topological polar surface area (TPSA) is 58.2 Å². The molecule has 0 saturated carbocycles. The van der Waals surface area contributed by atoms with Crippen LogP contribution in [0.3, 0.4) is 0 Å². The summed E-state index contributed by atoms with van der Waals surface area (Å²) in [5, 5.41) is 2.05. The number of benzene rings is 1. The number of rotatable bonds is 6. The number of methoxy groups -OCH3 is 1. The van der Waals surface area contributed by atoms with E-state index < -0.39 is 0 Å². The fraction of sp³-hybridized carbons (Fsp3) is 0.294. The fourth-order valence-corrected chi connectivity index (χ4v) is 3.32. The second-order valence-electron chi connectivity index (χ2n) is 5.35. The van der Waals surface area contributed by atoms with E-state index in [1.807, 2.05) is 29.6 Å². The van der Waals surface area contributed by atoms with Gasteiger partial charge in [-0.1, -0.05) is 12.1 Å². The number of para-hydroxylation sites is 2. The number of aromatic amines is 1. The monoisotopic (exact) mass is 329 g/mol. The molecule has 2 heterocycles. The van der Waals surface area contributed by atoms with Crippen molar-refractivity contribution < 1.29 is 9.53 Å². The van der Waals surface area contributed by atoms with E-state index in [9.17, 15) is 4.79 Å². The molecule has 0 bridgehead atoms. The molecule has 6 heteroatoms. The van der Waals surface area contributed by atoms with Crippen LogP contribution >= 0.6 is 11.3 Å². The zero-order valence-corrected chi connectivity index (χ0v) is 14.0. The molecule has 2 aromatic heterocycles. The Morgan fingerprint density at radius 2 is 2.17 bits per heavy atom. The molecule has 0 spiro atoms. The summed E-state index contributed by atoms with van der Waals surface area (Å²) in [6, 6.07) is 9.72. The van der Waals surface area contributed by atoms with Crippen LogP contribution < -0.4 is 0 Å². The molecule has 3 rings (SSSR count). The lowest BCUT2D eigenvalue weighted by atomic mass is 10.2. The third-order valence-electron chi connectivity index (χ3n) is 3.75. The number of thiophene rings is 1. The first-order valence-corrected chi connectivity index (χ1v) is 8.33. The lowest BCUT2D eigenvalue weighted by molar-refractivity contribution is 0.0671. The molecule has 0 fully saturated rings. The number of nitrogens with zero attached hydrogens (tertiary/aromatic N) is 2. The zero-order chi connectivity index (χ0) is 16.2. The zero-order valence-electron chi connectivity index (χ0n) is 13.2. The minimum atomic E-state index is -0.106. The molecule has 5 nitrogen and oxygen atoms in total. The number of H-pyrrole nitrogens is 1. The van der Waals surface area contributed by atoms with Gasteiger partial charge in [0.15, 0.2) is 5.82 Å². The predicted molar refractivity (Wildman–Crippen MR) is 91.8 cm³/mol. The molecule has 0 radical (unpaired) electrons. The maximum atomic E-state index is 12.8. The molecular formula is C17H19N3O2S. The van der Waals surface area contributed by atoms with Gasteiger partial charge in [-0.05, 0) is 36.1 Å². The van der Waals surface area contributed by atoms with Gasteiger partial charge in [0.25, 0.3) is 5.91 Å². The highest BCUT2D eigenvalue weighted by Crippen LogP contribution is 2.19. The number of carbonyl (C=O) groups excluding carboxylic acids is 1. The van der Waals surface area contributed by atoms with Crippen LogP contribution in [0.15, 0.2) is 35.7 Å². The van der Waals surface area contributed by atoms with Crippen molar-refractivity contribution in [2.24, 2.45) is 0 Å². The first kappa shape index (κ1) is 15.7. The van der Waals surface area contributed by atoms with Crippen LogP contribution in [0.4, 0.5) is 0 Å². The van der Waals surface area contributed by atoms with E-state index in [2.05, 4.69) is 23.0 Å². The molecule has 0 aliphatic rings. The number of ether oxygens (including phenoxy) is 1. The Hall–Kier alpha value is -2.18. The summed E-state index contributed by atoms with van der Waals surface area (Å²) < 4.78 is 5.15. The van der Waals surface area contributed by atoms with E-state index in [0.29, 0.717) is 25.5 Å². The number of hydrogen-bond acceptors (Lipinski definition) is 4. The normalized spacial score (nSPS) is 11.0. The van der Waals surface area contributed by atoms with E-state index in [1.54, 1.807) is 23.3 Å². The highest BCUT2D eigenvalue weighted by Gasteiger charge is 2.20. The van der Waals surface area contributed by atoms with E-state index in [0.717, 1.165) is 11.0 Å². The van der Waals surface area contributed by atoms with Gasteiger partial charge in [-0.2, -0.15) is 0 Å². The highest BCUT2D eigenvalue weighted by molar-refractivity contribution is 7.10. The molecule has 3 aromatic rings. The van der Waals surface area contributed by atoms with Crippen molar-refractivity contribution in [3.8, 4) is 0 Å². The maximum absolute atomic E-state index is 12.8.